The Morgan fingerprint density at radius 3 is 2.32 bits per heavy atom. The molecule has 0 saturated carbocycles. The first-order chi connectivity index (χ1) is 14.9. The lowest BCUT2D eigenvalue weighted by Crippen LogP contribution is -2.34. The SMILES string of the molecule is CCc1ccc(-n2nc3cc(C)c(NC(=S)NC(=O)c4ccc(Cl)cc4)cc3n2)cc1. The average Bonchev–Trinajstić information content (AvgIpc) is 3.17. The number of nitrogens with one attached hydrogen (secondary N) is 2. The highest BCUT2D eigenvalue weighted by molar-refractivity contribution is 7.80. The van der Waals surface area contributed by atoms with Crippen LogP contribution in [0.1, 0.15) is 28.4 Å². The van der Waals surface area contributed by atoms with Gasteiger partial charge in [-0.1, -0.05) is 30.7 Å². The molecule has 6 nitrogen and oxygen atoms in total. The number of carbonyl (C=O) groups is 1. The molecule has 0 unspecified atom stereocenters. The Balaban J connectivity index is 1.52. The highest BCUT2D eigenvalue weighted by Gasteiger charge is 2.12. The average molecular weight is 450 g/mol. The highest BCUT2D eigenvalue weighted by Crippen LogP contribution is 2.22. The second kappa shape index (κ2) is 8.83. The number of thiocarbonyl (C=S) groups is 1. The molecule has 0 aliphatic rings. The van der Waals surface area contributed by atoms with E-state index in [0.717, 1.165) is 34.4 Å². The Labute approximate surface area is 190 Å². The molecule has 1 amide bonds. The maximum absolute atomic E-state index is 12.4. The highest BCUT2D eigenvalue weighted by atomic mass is 35.5. The van der Waals surface area contributed by atoms with Crippen LogP contribution < -0.4 is 10.6 Å². The van der Waals surface area contributed by atoms with Crippen LogP contribution in [-0.4, -0.2) is 26.0 Å². The van der Waals surface area contributed by atoms with Crippen LogP contribution in [0, 0.1) is 6.92 Å². The fraction of sp³-hybridized carbons (Fsp3) is 0.130. The quantitative estimate of drug-likeness (QED) is 0.425. The van der Waals surface area contributed by atoms with E-state index in [1.807, 2.05) is 31.2 Å². The third-order valence-corrected chi connectivity index (χ3v) is 5.34. The lowest BCUT2D eigenvalue weighted by atomic mass is 10.2. The lowest BCUT2D eigenvalue weighted by Gasteiger charge is -2.11. The first-order valence-corrected chi connectivity index (χ1v) is 10.6. The van der Waals surface area contributed by atoms with Crippen LogP contribution in [-0.2, 0) is 6.42 Å². The van der Waals surface area contributed by atoms with Gasteiger partial charge in [-0.2, -0.15) is 4.80 Å². The number of fused-ring (bicyclic) bond motifs is 1. The molecule has 2 N–H and O–H groups in total. The number of hydrogen-bond acceptors (Lipinski definition) is 4. The molecule has 4 aromatic rings. The summed E-state index contributed by atoms with van der Waals surface area (Å²) in [6.07, 6.45) is 0.984. The molecule has 1 heterocycles. The molecule has 0 bridgehead atoms. The summed E-state index contributed by atoms with van der Waals surface area (Å²) in [6.45, 7) is 4.07. The van der Waals surface area contributed by atoms with Crippen LogP contribution in [0.15, 0.2) is 60.7 Å². The van der Waals surface area contributed by atoms with Gasteiger partial charge in [0.25, 0.3) is 5.91 Å². The van der Waals surface area contributed by atoms with E-state index in [-0.39, 0.29) is 11.0 Å². The Bertz CT molecular complexity index is 1270. The largest absolute Gasteiger partial charge is 0.332 e. The Morgan fingerprint density at radius 2 is 1.68 bits per heavy atom. The van der Waals surface area contributed by atoms with Gasteiger partial charge in [0.05, 0.1) is 5.69 Å². The number of aromatic nitrogens is 3. The zero-order valence-electron chi connectivity index (χ0n) is 17.0. The lowest BCUT2D eigenvalue weighted by molar-refractivity contribution is 0.0977. The molecule has 156 valence electrons. The minimum Gasteiger partial charge on any atom is -0.332 e. The second-order valence-corrected chi connectivity index (χ2v) is 7.93. The summed E-state index contributed by atoms with van der Waals surface area (Å²) < 4.78 is 0. The molecule has 31 heavy (non-hydrogen) atoms. The van der Waals surface area contributed by atoms with E-state index in [1.54, 1.807) is 29.1 Å². The minimum absolute atomic E-state index is 0.199. The molecule has 8 heteroatoms. The standard InChI is InChI=1S/C23H20ClN5OS/c1-3-15-4-10-18(11-5-15)29-27-20-12-14(2)19(13-21(20)28-29)25-23(31)26-22(30)16-6-8-17(24)9-7-16/h4-13H,3H2,1-2H3,(H2,25,26,30,31). The molecule has 0 radical (unpaired) electrons. The van der Waals surface area contributed by atoms with Gasteiger partial charge < -0.3 is 5.32 Å². The topological polar surface area (TPSA) is 71.8 Å². The summed E-state index contributed by atoms with van der Waals surface area (Å²) in [7, 11) is 0. The molecule has 0 fully saturated rings. The van der Waals surface area contributed by atoms with Crippen molar-refractivity contribution in [3.05, 3.63) is 82.4 Å². The Morgan fingerprint density at radius 1 is 1.03 bits per heavy atom. The van der Waals surface area contributed by atoms with E-state index in [0.29, 0.717) is 10.6 Å². The number of nitrogens with zero attached hydrogens (tertiary/aromatic N) is 3. The summed E-state index contributed by atoms with van der Waals surface area (Å²) in [5, 5.41) is 15.7. The van der Waals surface area contributed by atoms with Crippen molar-refractivity contribution < 1.29 is 4.79 Å². The maximum atomic E-state index is 12.4. The minimum atomic E-state index is -0.311. The molecule has 0 saturated heterocycles. The van der Waals surface area contributed by atoms with Gasteiger partial charge in [0, 0.05) is 16.3 Å². The fourth-order valence-electron chi connectivity index (χ4n) is 3.11. The van der Waals surface area contributed by atoms with Crippen molar-refractivity contribution in [3.8, 4) is 5.69 Å². The van der Waals surface area contributed by atoms with Crippen molar-refractivity contribution in [2.45, 2.75) is 20.3 Å². The van der Waals surface area contributed by atoms with Crippen LogP contribution >= 0.6 is 23.8 Å². The zero-order chi connectivity index (χ0) is 22.0. The first kappa shape index (κ1) is 21.0. The van der Waals surface area contributed by atoms with Crippen molar-refractivity contribution >= 4 is 51.6 Å². The summed E-state index contributed by atoms with van der Waals surface area (Å²) in [5.74, 6) is -0.311. The van der Waals surface area contributed by atoms with Crippen molar-refractivity contribution in [1.82, 2.24) is 20.3 Å². The summed E-state index contributed by atoms with van der Waals surface area (Å²) in [5.41, 5.74) is 5.81. The number of hydrogen-bond donors (Lipinski definition) is 2. The van der Waals surface area contributed by atoms with Gasteiger partial charge in [0.1, 0.15) is 11.0 Å². The van der Waals surface area contributed by atoms with Crippen molar-refractivity contribution in [1.29, 1.82) is 0 Å². The smallest absolute Gasteiger partial charge is 0.257 e. The van der Waals surface area contributed by atoms with E-state index in [4.69, 9.17) is 23.8 Å². The molecule has 4 rings (SSSR count). The van der Waals surface area contributed by atoms with Crippen LogP contribution in [0.25, 0.3) is 16.7 Å². The van der Waals surface area contributed by atoms with Gasteiger partial charge in [-0.3, -0.25) is 10.1 Å². The van der Waals surface area contributed by atoms with Crippen LogP contribution in [0.3, 0.4) is 0 Å². The second-order valence-electron chi connectivity index (χ2n) is 7.08. The Kier molecular flexibility index (Phi) is 5.97. The van der Waals surface area contributed by atoms with Gasteiger partial charge in [0.2, 0.25) is 0 Å². The zero-order valence-corrected chi connectivity index (χ0v) is 18.6. The third-order valence-electron chi connectivity index (χ3n) is 4.88. The third kappa shape index (κ3) is 4.73. The van der Waals surface area contributed by atoms with E-state index < -0.39 is 0 Å². The van der Waals surface area contributed by atoms with E-state index in [9.17, 15) is 4.79 Å². The fourth-order valence-corrected chi connectivity index (χ4v) is 3.44. The van der Waals surface area contributed by atoms with Crippen LogP contribution in [0.5, 0.6) is 0 Å². The number of carbonyl (C=O) groups excluding carboxylic acids is 1. The molecule has 0 atom stereocenters. The van der Waals surface area contributed by atoms with E-state index in [1.165, 1.54) is 5.56 Å². The molecule has 0 aliphatic carbocycles. The number of halogens is 1. The molecular weight excluding hydrogens is 430 g/mol. The van der Waals surface area contributed by atoms with Gasteiger partial charge in [0.15, 0.2) is 5.11 Å². The first-order valence-electron chi connectivity index (χ1n) is 9.78. The van der Waals surface area contributed by atoms with E-state index in [2.05, 4.69) is 39.9 Å². The Hall–Kier alpha value is -3.29. The predicted octanol–water partition coefficient (Wildman–Crippen LogP) is 5.07. The van der Waals surface area contributed by atoms with Gasteiger partial charge in [-0.15, -0.1) is 10.2 Å². The van der Waals surface area contributed by atoms with Gasteiger partial charge in [-0.05, 0) is 85.2 Å². The molecule has 3 aromatic carbocycles. The number of aryl methyl sites for hydroxylation is 2. The van der Waals surface area contributed by atoms with Crippen molar-refractivity contribution in [2.24, 2.45) is 0 Å². The maximum Gasteiger partial charge on any atom is 0.257 e. The van der Waals surface area contributed by atoms with Crippen LogP contribution in [0.4, 0.5) is 5.69 Å². The summed E-state index contributed by atoms with van der Waals surface area (Å²) in [6, 6.07) is 18.6. The van der Waals surface area contributed by atoms with Crippen molar-refractivity contribution in [3.63, 3.8) is 0 Å². The number of benzene rings is 3. The predicted molar refractivity (Wildman–Crippen MR) is 128 cm³/mol. The molecule has 0 spiro atoms. The normalized spacial score (nSPS) is 10.8. The number of anilines is 1. The van der Waals surface area contributed by atoms with Gasteiger partial charge >= 0.3 is 0 Å². The van der Waals surface area contributed by atoms with Gasteiger partial charge in [-0.25, -0.2) is 0 Å². The van der Waals surface area contributed by atoms with E-state index >= 15 is 0 Å². The molecule has 0 aliphatic heterocycles. The number of amides is 1. The molecular formula is C23H20ClN5OS. The summed E-state index contributed by atoms with van der Waals surface area (Å²) >= 11 is 11.2. The summed E-state index contributed by atoms with van der Waals surface area (Å²) in [4.78, 5) is 14.0. The monoisotopic (exact) mass is 449 g/mol. The van der Waals surface area contributed by atoms with Crippen LogP contribution in [0.2, 0.25) is 5.02 Å². The number of rotatable bonds is 4. The molecule has 1 aromatic heterocycles. The van der Waals surface area contributed by atoms with Crippen molar-refractivity contribution in [2.75, 3.05) is 5.32 Å².